The molecule has 0 unspecified atom stereocenters. The van der Waals surface area contributed by atoms with E-state index >= 15 is 0 Å². The van der Waals surface area contributed by atoms with E-state index in [1.54, 1.807) is 36.5 Å². The first-order chi connectivity index (χ1) is 9.17. The first-order valence-corrected chi connectivity index (χ1v) is 7.01. The number of benzene rings is 1. The zero-order valence-electron chi connectivity index (χ0n) is 9.76. The topological polar surface area (TPSA) is 76.4 Å². The van der Waals surface area contributed by atoms with Crippen LogP contribution in [0.5, 0.6) is 0 Å². The smallest absolute Gasteiger partial charge is 0.262 e. The van der Waals surface area contributed by atoms with Gasteiger partial charge in [-0.15, -0.1) is 0 Å². The number of aromatic nitrogens is 3. The van der Waals surface area contributed by atoms with Gasteiger partial charge < -0.3 is 0 Å². The minimum atomic E-state index is -3.61. The second kappa shape index (κ2) is 4.36. The molecule has 0 aliphatic carbocycles. The van der Waals surface area contributed by atoms with E-state index < -0.39 is 10.0 Å². The van der Waals surface area contributed by atoms with Gasteiger partial charge >= 0.3 is 0 Å². The fraction of sp³-hybridized carbons (Fsp3) is 0. The first-order valence-electron chi connectivity index (χ1n) is 5.53. The molecule has 0 aliphatic heterocycles. The molecule has 1 N–H and O–H groups in total. The maximum absolute atomic E-state index is 12.2. The lowest BCUT2D eigenvalue weighted by Crippen LogP contribution is -2.13. The average molecular weight is 274 g/mol. The highest BCUT2D eigenvalue weighted by Crippen LogP contribution is 2.18. The molecule has 0 amide bonds. The van der Waals surface area contributed by atoms with Gasteiger partial charge in [0.2, 0.25) is 0 Å². The van der Waals surface area contributed by atoms with Gasteiger partial charge in [-0.2, -0.15) is 5.10 Å². The summed E-state index contributed by atoms with van der Waals surface area (Å²) in [6.45, 7) is 0. The van der Waals surface area contributed by atoms with Gasteiger partial charge in [0.05, 0.1) is 10.6 Å². The van der Waals surface area contributed by atoms with E-state index in [0.717, 1.165) is 0 Å². The molecule has 19 heavy (non-hydrogen) atoms. The lowest BCUT2D eigenvalue weighted by Gasteiger charge is -2.08. The number of fused-ring (bicyclic) bond motifs is 1. The number of nitrogens with zero attached hydrogens (tertiary/aromatic N) is 3. The maximum Gasteiger partial charge on any atom is 0.262 e. The van der Waals surface area contributed by atoms with E-state index in [2.05, 4.69) is 14.8 Å². The van der Waals surface area contributed by atoms with E-state index in [1.807, 2.05) is 0 Å². The highest BCUT2D eigenvalue weighted by Gasteiger charge is 2.15. The zero-order chi connectivity index (χ0) is 13.3. The van der Waals surface area contributed by atoms with Gasteiger partial charge in [-0.25, -0.2) is 17.9 Å². The molecule has 0 atom stereocenters. The standard InChI is InChI=1S/C12H10N4O2S/c17-19(18,10-5-2-1-3-6-10)15-11-7-4-8-16-12(11)13-9-14-16/h1-9,15H. The molecule has 7 heteroatoms. The summed E-state index contributed by atoms with van der Waals surface area (Å²) < 4.78 is 28.4. The Kier molecular flexibility index (Phi) is 2.68. The lowest BCUT2D eigenvalue weighted by molar-refractivity contribution is 0.601. The van der Waals surface area contributed by atoms with Crippen molar-refractivity contribution in [1.29, 1.82) is 0 Å². The Morgan fingerprint density at radius 1 is 1.05 bits per heavy atom. The molecule has 0 spiro atoms. The van der Waals surface area contributed by atoms with Crippen LogP contribution in [0.4, 0.5) is 5.69 Å². The number of pyridine rings is 1. The van der Waals surface area contributed by atoms with Crippen LogP contribution in [-0.4, -0.2) is 23.0 Å². The molecule has 96 valence electrons. The van der Waals surface area contributed by atoms with Gasteiger partial charge in [-0.1, -0.05) is 18.2 Å². The molecule has 0 radical (unpaired) electrons. The van der Waals surface area contributed by atoms with Gasteiger partial charge in [-0.3, -0.25) is 4.72 Å². The number of rotatable bonds is 3. The van der Waals surface area contributed by atoms with E-state index in [0.29, 0.717) is 11.3 Å². The lowest BCUT2D eigenvalue weighted by atomic mass is 10.4. The van der Waals surface area contributed by atoms with Crippen LogP contribution in [0.25, 0.3) is 5.65 Å². The number of sulfonamides is 1. The molecule has 3 aromatic rings. The van der Waals surface area contributed by atoms with Crippen molar-refractivity contribution in [3.8, 4) is 0 Å². The predicted molar refractivity (Wildman–Crippen MR) is 70.2 cm³/mol. The van der Waals surface area contributed by atoms with E-state index in [1.165, 1.54) is 23.0 Å². The Labute approximate surface area is 109 Å². The van der Waals surface area contributed by atoms with Crippen LogP contribution in [0.15, 0.2) is 59.9 Å². The summed E-state index contributed by atoms with van der Waals surface area (Å²) in [5, 5.41) is 3.95. The average Bonchev–Trinajstić information content (AvgIpc) is 2.89. The quantitative estimate of drug-likeness (QED) is 0.785. The van der Waals surface area contributed by atoms with Crippen molar-refractivity contribution in [1.82, 2.24) is 14.6 Å². The van der Waals surface area contributed by atoms with Crippen LogP contribution in [0.2, 0.25) is 0 Å². The molecule has 0 saturated carbocycles. The van der Waals surface area contributed by atoms with E-state index in [4.69, 9.17) is 0 Å². The summed E-state index contributed by atoms with van der Waals surface area (Å²) in [5.74, 6) is 0. The van der Waals surface area contributed by atoms with Crippen molar-refractivity contribution in [3.63, 3.8) is 0 Å². The summed E-state index contributed by atoms with van der Waals surface area (Å²) in [6.07, 6.45) is 3.07. The number of hydrogen-bond donors (Lipinski definition) is 1. The molecule has 2 heterocycles. The van der Waals surface area contributed by atoms with Crippen LogP contribution < -0.4 is 4.72 Å². The van der Waals surface area contributed by atoms with Crippen LogP contribution >= 0.6 is 0 Å². The van der Waals surface area contributed by atoms with E-state index in [-0.39, 0.29) is 4.90 Å². The van der Waals surface area contributed by atoms with Gasteiger partial charge in [0.25, 0.3) is 10.0 Å². The monoisotopic (exact) mass is 274 g/mol. The molecular weight excluding hydrogens is 264 g/mol. The minimum absolute atomic E-state index is 0.205. The summed E-state index contributed by atoms with van der Waals surface area (Å²) in [6, 6.07) is 11.5. The van der Waals surface area contributed by atoms with Crippen molar-refractivity contribution in [2.45, 2.75) is 4.90 Å². The van der Waals surface area contributed by atoms with Crippen molar-refractivity contribution in [2.24, 2.45) is 0 Å². The van der Waals surface area contributed by atoms with Crippen molar-refractivity contribution in [3.05, 3.63) is 55.0 Å². The molecular formula is C12H10N4O2S. The highest BCUT2D eigenvalue weighted by atomic mass is 32.2. The summed E-state index contributed by atoms with van der Waals surface area (Å²) >= 11 is 0. The molecule has 2 aromatic heterocycles. The van der Waals surface area contributed by atoms with Gasteiger partial charge in [0.1, 0.15) is 6.33 Å². The SMILES string of the molecule is O=S(=O)(Nc1cccn2ncnc12)c1ccccc1. The highest BCUT2D eigenvalue weighted by molar-refractivity contribution is 7.92. The molecule has 0 fully saturated rings. The summed E-state index contributed by atoms with van der Waals surface area (Å²) in [7, 11) is -3.61. The Bertz CT molecular complexity index is 812. The Morgan fingerprint density at radius 3 is 2.63 bits per heavy atom. The largest absolute Gasteiger partial charge is 0.276 e. The maximum atomic E-state index is 12.2. The van der Waals surface area contributed by atoms with E-state index in [9.17, 15) is 8.42 Å². The first kappa shape index (κ1) is 11.7. The molecule has 0 aliphatic rings. The van der Waals surface area contributed by atoms with Crippen LogP contribution in [0, 0.1) is 0 Å². The third-order valence-electron chi connectivity index (χ3n) is 2.60. The second-order valence-corrected chi connectivity index (χ2v) is 5.55. The third-order valence-corrected chi connectivity index (χ3v) is 3.98. The predicted octanol–water partition coefficient (Wildman–Crippen LogP) is 1.53. The van der Waals surface area contributed by atoms with Crippen molar-refractivity contribution >= 4 is 21.4 Å². The van der Waals surface area contributed by atoms with Crippen LogP contribution in [0.1, 0.15) is 0 Å². The van der Waals surface area contributed by atoms with Gasteiger partial charge in [0.15, 0.2) is 5.65 Å². The van der Waals surface area contributed by atoms with Crippen LogP contribution in [-0.2, 0) is 10.0 Å². The summed E-state index contributed by atoms with van der Waals surface area (Å²) in [4.78, 5) is 4.23. The fourth-order valence-corrected chi connectivity index (χ4v) is 2.81. The Hall–Kier alpha value is -2.41. The normalized spacial score (nSPS) is 11.6. The Morgan fingerprint density at radius 2 is 1.84 bits per heavy atom. The van der Waals surface area contributed by atoms with Crippen molar-refractivity contribution in [2.75, 3.05) is 4.72 Å². The number of hydrogen-bond acceptors (Lipinski definition) is 4. The fourth-order valence-electron chi connectivity index (χ4n) is 1.73. The molecule has 6 nitrogen and oxygen atoms in total. The molecule has 3 rings (SSSR count). The number of anilines is 1. The van der Waals surface area contributed by atoms with Gasteiger partial charge in [-0.05, 0) is 24.3 Å². The van der Waals surface area contributed by atoms with Gasteiger partial charge in [0, 0.05) is 6.20 Å². The number of nitrogens with one attached hydrogen (secondary N) is 1. The Balaban J connectivity index is 2.04. The molecule has 1 aromatic carbocycles. The summed E-state index contributed by atoms with van der Waals surface area (Å²) in [5.41, 5.74) is 0.853. The zero-order valence-corrected chi connectivity index (χ0v) is 10.6. The van der Waals surface area contributed by atoms with Crippen LogP contribution in [0.3, 0.4) is 0 Å². The van der Waals surface area contributed by atoms with Crippen molar-refractivity contribution < 1.29 is 8.42 Å². The molecule has 0 bridgehead atoms. The third kappa shape index (κ3) is 2.15. The minimum Gasteiger partial charge on any atom is -0.276 e. The second-order valence-electron chi connectivity index (χ2n) is 3.87. The molecule has 0 saturated heterocycles.